The summed E-state index contributed by atoms with van der Waals surface area (Å²) in [5, 5.41) is 12.8. The van der Waals surface area contributed by atoms with Crippen LogP contribution >= 0.6 is 0 Å². The summed E-state index contributed by atoms with van der Waals surface area (Å²) in [7, 11) is 0. The fourth-order valence-corrected chi connectivity index (χ4v) is 2.76. The molecule has 0 bridgehead atoms. The van der Waals surface area contributed by atoms with E-state index >= 15 is 0 Å². The zero-order chi connectivity index (χ0) is 13.2. The number of nitrogens with one attached hydrogen (secondary N) is 1. The average molecular weight is 254 g/mol. The SMILES string of the molecule is CC1CNCCN1Cc1cn2ccccc2c1C#N. The van der Waals surface area contributed by atoms with E-state index in [9.17, 15) is 5.26 Å². The highest BCUT2D eigenvalue weighted by molar-refractivity contribution is 5.65. The van der Waals surface area contributed by atoms with Gasteiger partial charge in [0.25, 0.3) is 0 Å². The Bertz CT molecular complexity index is 623. The number of nitrogens with zero attached hydrogens (tertiary/aromatic N) is 3. The molecule has 1 saturated heterocycles. The van der Waals surface area contributed by atoms with Gasteiger partial charge in [-0.3, -0.25) is 4.90 Å². The van der Waals surface area contributed by atoms with Gasteiger partial charge >= 0.3 is 0 Å². The molecular weight excluding hydrogens is 236 g/mol. The van der Waals surface area contributed by atoms with Gasteiger partial charge in [0.1, 0.15) is 6.07 Å². The fraction of sp³-hybridized carbons (Fsp3) is 0.400. The highest BCUT2D eigenvalue weighted by Crippen LogP contribution is 2.20. The van der Waals surface area contributed by atoms with E-state index in [1.807, 2.05) is 28.8 Å². The van der Waals surface area contributed by atoms with Crippen LogP contribution in [0.1, 0.15) is 18.1 Å². The summed E-state index contributed by atoms with van der Waals surface area (Å²) < 4.78 is 2.04. The van der Waals surface area contributed by atoms with E-state index in [-0.39, 0.29) is 0 Å². The molecule has 1 aliphatic rings. The predicted molar refractivity (Wildman–Crippen MR) is 74.9 cm³/mol. The largest absolute Gasteiger partial charge is 0.322 e. The van der Waals surface area contributed by atoms with Crippen molar-refractivity contribution in [3.63, 3.8) is 0 Å². The Hall–Kier alpha value is -1.83. The van der Waals surface area contributed by atoms with Crippen LogP contribution in [0.2, 0.25) is 0 Å². The number of aromatic nitrogens is 1. The van der Waals surface area contributed by atoms with Crippen molar-refractivity contribution in [1.29, 1.82) is 5.26 Å². The molecule has 1 atom stereocenters. The van der Waals surface area contributed by atoms with E-state index in [0.29, 0.717) is 6.04 Å². The van der Waals surface area contributed by atoms with E-state index in [0.717, 1.165) is 42.8 Å². The third-order valence-corrected chi connectivity index (χ3v) is 3.89. The Balaban J connectivity index is 1.94. The quantitative estimate of drug-likeness (QED) is 0.885. The van der Waals surface area contributed by atoms with Gasteiger partial charge in [0, 0.05) is 50.2 Å². The van der Waals surface area contributed by atoms with Gasteiger partial charge in [-0.05, 0) is 19.1 Å². The topological polar surface area (TPSA) is 43.5 Å². The third-order valence-electron chi connectivity index (χ3n) is 3.89. The number of pyridine rings is 1. The predicted octanol–water partition coefficient (Wildman–Crippen LogP) is 1.60. The first-order valence-corrected chi connectivity index (χ1v) is 6.73. The molecule has 0 saturated carbocycles. The van der Waals surface area contributed by atoms with E-state index in [4.69, 9.17) is 0 Å². The zero-order valence-corrected chi connectivity index (χ0v) is 11.1. The fourth-order valence-electron chi connectivity index (χ4n) is 2.76. The molecule has 2 aromatic heterocycles. The molecule has 0 amide bonds. The summed E-state index contributed by atoms with van der Waals surface area (Å²) in [5.41, 5.74) is 2.94. The maximum Gasteiger partial charge on any atom is 0.102 e. The molecule has 1 unspecified atom stereocenters. The van der Waals surface area contributed by atoms with Crippen molar-refractivity contribution in [2.75, 3.05) is 19.6 Å². The second kappa shape index (κ2) is 5.04. The lowest BCUT2D eigenvalue weighted by atomic mass is 10.1. The lowest BCUT2D eigenvalue weighted by molar-refractivity contribution is 0.165. The summed E-state index contributed by atoms with van der Waals surface area (Å²) in [6.07, 6.45) is 4.09. The molecule has 1 aliphatic heterocycles. The Kier molecular flexibility index (Phi) is 3.24. The van der Waals surface area contributed by atoms with Gasteiger partial charge in [-0.25, -0.2) is 0 Å². The highest BCUT2D eigenvalue weighted by Gasteiger charge is 2.20. The van der Waals surface area contributed by atoms with Crippen LogP contribution in [-0.2, 0) is 6.54 Å². The number of hydrogen-bond donors (Lipinski definition) is 1. The molecular formula is C15H18N4. The Labute approximate surface area is 113 Å². The van der Waals surface area contributed by atoms with Crippen LogP contribution in [0.15, 0.2) is 30.6 Å². The summed E-state index contributed by atoms with van der Waals surface area (Å²) in [6, 6.07) is 8.85. The van der Waals surface area contributed by atoms with E-state index < -0.39 is 0 Å². The number of hydrogen-bond acceptors (Lipinski definition) is 3. The van der Waals surface area contributed by atoms with Gasteiger partial charge in [-0.1, -0.05) is 6.07 Å². The first-order valence-electron chi connectivity index (χ1n) is 6.73. The van der Waals surface area contributed by atoms with Crippen molar-refractivity contribution in [3.05, 3.63) is 41.7 Å². The molecule has 4 nitrogen and oxygen atoms in total. The smallest absolute Gasteiger partial charge is 0.102 e. The summed E-state index contributed by atoms with van der Waals surface area (Å²) in [5.74, 6) is 0. The molecule has 0 spiro atoms. The lowest BCUT2D eigenvalue weighted by Gasteiger charge is -2.33. The normalized spacial score (nSPS) is 20.5. The first-order chi connectivity index (χ1) is 9.29. The molecule has 2 aromatic rings. The lowest BCUT2D eigenvalue weighted by Crippen LogP contribution is -2.49. The second-order valence-electron chi connectivity index (χ2n) is 5.16. The number of rotatable bonds is 2. The standard InChI is InChI=1S/C15H18N4/c1-12-9-17-5-7-18(12)10-13-11-19-6-3-2-4-15(19)14(13)8-16/h2-4,6,11-12,17H,5,7,9-10H2,1H3. The average Bonchev–Trinajstić information content (AvgIpc) is 2.78. The van der Waals surface area contributed by atoms with Crippen molar-refractivity contribution >= 4 is 5.52 Å². The second-order valence-corrected chi connectivity index (χ2v) is 5.16. The minimum atomic E-state index is 0.517. The molecule has 98 valence electrons. The molecule has 0 radical (unpaired) electrons. The van der Waals surface area contributed by atoms with Crippen molar-refractivity contribution in [1.82, 2.24) is 14.6 Å². The Morgan fingerprint density at radius 2 is 2.37 bits per heavy atom. The van der Waals surface area contributed by atoms with Gasteiger partial charge in [-0.2, -0.15) is 5.26 Å². The molecule has 4 heteroatoms. The van der Waals surface area contributed by atoms with Crippen molar-refractivity contribution in [2.45, 2.75) is 19.5 Å². The van der Waals surface area contributed by atoms with E-state index in [2.05, 4.69) is 29.4 Å². The van der Waals surface area contributed by atoms with Crippen LogP contribution in [0, 0.1) is 11.3 Å². The molecule has 3 rings (SSSR count). The Morgan fingerprint density at radius 1 is 1.47 bits per heavy atom. The monoisotopic (exact) mass is 254 g/mol. The van der Waals surface area contributed by atoms with E-state index in [1.54, 1.807) is 0 Å². The zero-order valence-electron chi connectivity index (χ0n) is 11.1. The van der Waals surface area contributed by atoms with Gasteiger partial charge in [0.15, 0.2) is 0 Å². The van der Waals surface area contributed by atoms with Crippen LogP contribution < -0.4 is 5.32 Å². The summed E-state index contributed by atoms with van der Waals surface area (Å²) >= 11 is 0. The van der Waals surface area contributed by atoms with Gasteiger partial charge in [0.05, 0.1) is 11.1 Å². The van der Waals surface area contributed by atoms with Gasteiger partial charge in [0.2, 0.25) is 0 Å². The van der Waals surface area contributed by atoms with Crippen LogP contribution in [0.3, 0.4) is 0 Å². The van der Waals surface area contributed by atoms with Crippen molar-refractivity contribution < 1.29 is 0 Å². The summed E-state index contributed by atoms with van der Waals surface area (Å²) in [6.45, 7) is 6.18. The molecule has 3 heterocycles. The molecule has 1 N–H and O–H groups in total. The van der Waals surface area contributed by atoms with Crippen molar-refractivity contribution in [2.24, 2.45) is 0 Å². The van der Waals surface area contributed by atoms with E-state index in [1.165, 1.54) is 0 Å². The number of nitriles is 1. The third kappa shape index (κ3) is 2.23. The minimum absolute atomic E-state index is 0.517. The number of piperazine rings is 1. The van der Waals surface area contributed by atoms with Gasteiger partial charge in [-0.15, -0.1) is 0 Å². The maximum atomic E-state index is 9.41. The Morgan fingerprint density at radius 3 is 3.16 bits per heavy atom. The van der Waals surface area contributed by atoms with Crippen molar-refractivity contribution in [3.8, 4) is 6.07 Å². The first kappa shape index (κ1) is 12.2. The molecule has 0 aromatic carbocycles. The summed E-state index contributed by atoms with van der Waals surface area (Å²) in [4.78, 5) is 2.44. The molecule has 0 aliphatic carbocycles. The van der Waals surface area contributed by atoms with Gasteiger partial charge < -0.3 is 9.72 Å². The molecule has 1 fully saturated rings. The van der Waals surface area contributed by atoms with Crippen LogP contribution in [0.25, 0.3) is 5.52 Å². The van der Waals surface area contributed by atoms with Crippen LogP contribution in [-0.4, -0.2) is 35.0 Å². The van der Waals surface area contributed by atoms with Crippen LogP contribution in [0.4, 0.5) is 0 Å². The minimum Gasteiger partial charge on any atom is -0.322 e. The molecule has 19 heavy (non-hydrogen) atoms. The number of fused-ring (bicyclic) bond motifs is 1. The highest BCUT2D eigenvalue weighted by atomic mass is 15.2. The van der Waals surface area contributed by atoms with Crippen LogP contribution in [0.5, 0.6) is 0 Å². The maximum absolute atomic E-state index is 9.41.